The Balaban J connectivity index is 1.54. The van der Waals surface area contributed by atoms with E-state index in [2.05, 4.69) is 19.2 Å². The van der Waals surface area contributed by atoms with E-state index < -0.39 is 0 Å². The molecule has 0 aliphatic heterocycles. The Hall–Kier alpha value is -0.0400. The summed E-state index contributed by atoms with van der Waals surface area (Å²) in [7, 11) is 0. The minimum atomic E-state index is 0.810. The van der Waals surface area contributed by atoms with Crippen LogP contribution in [0.4, 0.5) is 0 Å². The van der Waals surface area contributed by atoms with E-state index in [0.717, 1.165) is 35.8 Å². The predicted octanol–water partition coefficient (Wildman–Crippen LogP) is 3.20. The highest BCUT2D eigenvalue weighted by Gasteiger charge is 2.64. The summed E-state index contributed by atoms with van der Waals surface area (Å²) in [4.78, 5) is 0. The fraction of sp³-hybridized carbons (Fsp3) is 1.00. The van der Waals surface area contributed by atoms with Gasteiger partial charge in [-0.15, -0.1) is 0 Å². The fourth-order valence-electron chi connectivity index (χ4n) is 4.57. The molecule has 3 aliphatic carbocycles. The van der Waals surface area contributed by atoms with Gasteiger partial charge in [0.15, 0.2) is 0 Å². The van der Waals surface area contributed by atoms with E-state index in [1.807, 2.05) is 0 Å². The molecule has 5 atom stereocenters. The van der Waals surface area contributed by atoms with Gasteiger partial charge in [-0.2, -0.15) is 0 Å². The van der Waals surface area contributed by atoms with Crippen molar-refractivity contribution in [2.75, 3.05) is 0 Å². The van der Waals surface area contributed by atoms with Crippen LogP contribution in [-0.4, -0.2) is 12.1 Å². The van der Waals surface area contributed by atoms with Crippen molar-refractivity contribution in [2.24, 2.45) is 23.7 Å². The normalized spacial score (nSPS) is 48.0. The average molecular weight is 207 g/mol. The van der Waals surface area contributed by atoms with Gasteiger partial charge in [0.25, 0.3) is 0 Å². The Morgan fingerprint density at radius 1 is 1.13 bits per heavy atom. The molecule has 5 unspecified atom stereocenters. The Morgan fingerprint density at radius 3 is 2.33 bits per heavy atom. The molecule has 3 fully saturated rings. The lowest BCUT2D eigenvalue weighted by molar-refractivity contribution is 0.393. The molecule has 3 rings (SSSR count). The lowest BCUT2D eigenvalue weighted by atomic mass is 10.0. The van der Waals surface area contributed by atoms with E-state index in [0.29, 0.717) is 0 Å². The number of rotatable bonds is 5. The summed E-state index contributed by atoms with van der Waals surface area (Å²) in [6.45, 7) is 4.64. The van der Waals surface area contributed by atoms with E-state index in [1.54, 1.807) is 19.3 Å². The zero-order chi connectivity index (χ0) is 10.4. The van der Waals surface area contributed by atoms with Crippen LogP contribution in [0.2, 0.25) is 0 Å². The van der Waals surface area contributed by atoms with Gasteiger partial charge < -0.3 is 5.32 Å². The average Bonchev–Trinajstić information content (AvgIpc) is 2.67. The second kappa shape index (κ2) is 3.76. The summed E-state index contributed by atoms with van der Waals surface area (Å²) in [6.07, 6.45) is 8.71. The molecule has 0 heterocycles. The van der Waals surface area contributed by atoms with E-state index in [4.69, 9.17) is 0 Å². The molecule has 1 N–H and O–H groups in total. The van der Waals surface area contributed by atoms with Gasteiger partial charge in [-0.05, 0) is 55.8 Å². The van der Waals surface area contributed by atoms with Crippen molar-refractivity contribution in [1.82, 2.24) is 5.32 Å². The molecule has 3 aliphatic rings. The number of hydrogen-bond acceptors (Lipinski definition) is 1. The van der Waals surface area contributed by atoms with Crippen molar-refractivity contribution < 1.29 is 0 Å². The Bertz CT molecular complexity index is 221. The molecule has 1 nitrogen and oxygen atoms in total. The molecule has 0 aromatic rings. The smallest absolute Gasteiger partial charge is 0.0138 e. The number of nitrogens with one attached hydrogen (secondary N) is 1. The molecule has 0 radical (unpaired) electrons. The molecule has 0 aromatic heterocycles. The van der Waals surface area contributed by atoms with E-state index in [-0.39, 0.29) is 0 Å². The number of fused-ring (bicyclic) bond motifs is 5. The Morgan fingerprint density at radius 2 is 1.80 bits per heavy atom. The van der Waals surface area contributed by atoms with Crippen molar-refractivity contribution in [2.45, 2.75) is 64.5 Å². The molecule has 0 aromatic carbocycles. The van der Waals surface area contributed by atoms with Crippen molar-refractivity contribution in [1.29, 1.82) is 0 Å². The van der Waals surface area contributed by atoms with Crippen LogP contribution in [-0.2, 0) is 0 Å². The van der Waals surface area contributed by atoms with Crippen LogP contribution in [0.5, 0.6) is 0 Å². The van der Waals surface area contributed by atoms with E-state index in [1.165, 1.54) is 19.3 Å². The second-order valence-corrected chi connectivity index (χ2v) is 6.07. The maximum atomic E-state index is 3.94. The zero-order valence-corrected chi connectivity index (χ0v) is 10.2. The summed E-state index contributed by atoms with van der Waals surface area (Å²) in [5.41, 5.74) is 0. The van der Waals surface area contributed by atoms with Crippen LogP contribution in [0.15, 0.2) is 0 Å². The van der Waals surface area contributed by atoms with Gasteiger partial charge in [-0.25, -0.2) is 0 Å². The quantitative estimate of drug-likeness (QED) is 0.730. The molecule has 0 spiro atoms. The van der Waals surface area contributed by atoms with Gasteiger partial charge >= 0.3 is 0 Å². The molecule has 1 heteroatoms. The standard InChI is InChI=1S/C14H25N/c1-3-5-11(4-2)15-14-12-9-6-7-10(8-9)13(12)14/h9-15H,3-8H2,1-2H3. The van der Waals surface area contributed by atoms with Crippen LogP contribution in [0.3, 0.4) is 0 Å². The van der Waals surface area contributed by atoms with Crippen molar-refractivity contribution in [3.05, 3.63) is 0 Å². The maximum absolute atomic E-state index is 3.94. The molecule has 0 amide bonds. The topological polar surface area (TPSA) is 12.0 Å². The highest BCUT2D eigenvalue weighted by atomic mass is 15.0. The number of hydrogen-bond donors (Lipinski definition) is 1. The van der Waals surface area contributed by atoms with Gasteiger partial charge in [-0.1, -0.05) is 20.3 Å². The summed E-state index contributed by atoms with van der Waals surface area (Å²) in [5.74, 6) is 4.46. The lowest BCUT2D eigenvalue weighted by Crippen LogP contribution is -2.33. The lowest BCUT2D eigenvalue weighted by Gasteiger charge is -2.18. The van der Waals surface area contributed by atoms with Crippen LogP contribution >= 0.6 is 0 Å². The first kappa shape index (κ1) is 10.1. The summed E-state index contributed by atoms with van der Waals surface area (Å²) < 4.78 is 0. The largest absolute Gasteiger partial charge is 0.311 e. The van der Waals surface area contributed by atoms with E-state index >= 15 is 0 Å². The highest BCUT2D eigenvalue weighted by Crippen LogP contribution is 2.65. The molecule has 3 saturated carbocycles. The highest BCUT2D eigenvalue weighted by molar-refractivity contribution is 5.17. The third-order valence-electron chi connectivity index (χ3n) is 5.29. The molecule has 15 heavy (non-hydrogen) atoms. The molecule has 0 saturated heterocycles. The molecule has 2 bridgehead atoms. The Labute approximate surface area is 94.0 Å². The first-order chi connectivity index (χ1) is 7.35. The second-order valence-electron chi connectivity index (χ2n) is 6.07. The first-order valence-corrected chi connectivity index (χ1v) is 7.11. The van der Waals surface area contributed by atoms with Gasteiger partial charge in [0.2, 0.25) is 0 Å². The van der Waals surface area contributed by atoms with Gasteiger partial charge in [0.05, 0.1) is 0 Å². The SMILES string of the molecule is CCCC(CC)NC1C2C3CCC(C3)C12. The first-order valence-electron chi connectivity index (χ1n) is 7.11. The van der Waals surface area contributed by atoms with Gasteiger partial charge in [0, 0.05) is 12.1 Å². The fourth-order valence-corrected chi connectivity index (χ4v) is 4.57. The van der Waals surface area contributed by atoms with Crippen LogP contribution in [0.1, 0.15) is 52.4 Å². The third-order valence-corrected chi connectivity index (χ3v) is 5.29. The summed E-state index contributed by atoms with van der Waals surface area (Å²) >= 11 is 0. The molecular formula is C14H25N. The summed E-state index contributed by atoms with van der Waals surface area (Å²) in [6, 6.07) is 1.75. The Kier molecular flexibility index (Phi) is 2.54. The van der Waals surface area contributed by atoms with Crippen molar-refractivity contribution >= 4 is 0 Å². The minimum absolute atomic E-state index is 0.810. The van der Waals surface area contributed by atoms with Crippen LogP contribution in [0.25, 0.3) is 0 Å². The molecular weight excluding hydrogens is 182 g/mol. The third kappa shape index (κ3) is 1.54. The monoisotopic (exact) mass is 207 g/mol. The van der Waals surface area contributed by atoms with E-state index in [9.17, 15) is 0 Å². The molecule has 86 valence electrons. The van der Waals surface area contributed by atoms with Crippen LogP contribution in [0, 0.1) is 23.7 Å². The summed E-state index contributed by atoms with van der Waals surface area (Å²) in [5, 5.41) is 3.94. The van der Waals surface area contributed by atoms with Crippen molar-refractivity contribution in [3.8, 4) is 0 Å². The van der Waals surface area contributed by atoms with Gasteiger partial charge in [-0.3, -0.25) is 0 Å². The minimum Gasteiger partial charge on any atom is -0.311 e. The zero-order valence-electron chi connectivity index (χ0n) is 10.2. The predicted molar refractivity (Wildman–Crippen MR) is 63.7 cm³/mol. The van der Waals surface area contributed by atoms with Crippen molar-refractivity contribution in [3.63, 3.8) is 0 Å². The van der Waals surface area contributed by atoms with Gasteiger partial charge in [0.1, 0.15) is 0 Å². The van der Waals surface area contributed by atoms with Crippen LogP contribution < -0.4 is 5.32 Å². The maximum Gasteiger partial charge on any atom is 0.0138 e.